The van der Waals surface area contributed by atoms with Crippen molar-refractivity contribution in [3.63, 3.8) is 0 Å². The molecule has 1 atom stereocenters. The smallest absolute Gasteiger partial charge is 0.373 e. The summed E-state index contributed by atoms with van der Waals surface area (Å²) < 4.78 is 5.43. The predicted molar refractivity (Wildman–Crippen MR) is 68.4 cm³/mol. The average Bonchev–Trinajstić information content (AvgIpc) is 2.17. The fourth-order valence-corrected chi connectivity index (χ4v) is 2.76. The van der Waals surface area contributed by atoms with E-state index >= 15 is 0 Å². The van der Waals surface area contributed by atoms with Gasteiger partial charge in [0.25, 0.3) is 0 Å². The Hall–Kier alpha value is 0.00688. The molecule has 1 unspecified atom stereocenters. The molecule has 0 aliphatic carbocycles. The molecule has 1 aromatic carbocycles. The van der Waals surface area contributed by atoms with Crippen molar-refractivity contribution in [3.8, 4) is 0 Å². The SMILES string of the molecule is C=CCC(O[Si](Cl)(Cl)Cl)c1ccccc1. The van der Waals surface area contributed by atoms with Gasteiger partial charge in [-0.25, -0.2) is 0 Å². The third-order valence-electron chi connectivity index (χ3n) is 1.83. The van der Waals surface area contributed by atoms with Gasteiger partial charge in [0.05, 0.1) is 6.10 Å². The van der Waals surface area contributed by atoms with Crippen LogP contribution in [0.4, 0.5) is 0 Å². The molecular formula is C10H11Cl3OSi. The van der Waals surface area contributed by atoms with Crippen LogP contribution >= 0.6 is 33.2 Å². The second kappa shape index (κ2) is 5.92. The Balaban J connectivity index is 2.79. The van der Waals surface area contributed by atoms with Crippen LogP contribution in [0.2, 0.25) is 0 Å². The molecule has 5 heteroatoms. The standard InChI is InChI=1S/C10H11Cl3OSi/c1-2-6-10(14-15(11,12)13)9-7-4-3-5-8-9/h2-5,7-8,10H,1,6H2. The number of hydrogen-bond acceptors (Lipinski definition) is 1. The van der Waals surface area contributed by atoms with E-state index in [1.807, 2.05) is 30.3 Å². The lowest BCUT2D eigenvalue weighted by Gasteiger charge is -2.20. The van der Waals surface area contributed by atoms with Crippen LogP contribution in [-0.2, 0) is 4.43 Å². The normalized spacial score (nSPS) is 13.5. The summed E-state index contributed by atoms with van der Waals surface area (Å²) in [6, 6.07) is 9.67. The highest BCUT2D eigenvalue weighted by molar-refractivity contribution is 7.62. The maximum Gasteiger partial charge on any atom is 0.494 e. The van der Waals surface area contributed by atoms with Crippen molar-refractivity contribution in [1.82, 2.24) is 0 Å². The molecule has 0 amide bonds. The lowest BCUT2D eigenvalue weighted by atomic mass is 10.1. The van der Waals surface area contributed by atoms with Crippen molar-refractivity contribution in [2.75, 3.05) is 0 Å². The fraction of sp³-hybridized carbons (Fsp3) is 0.200. The van der Waals surface area contributed by atoms with Crippen molar-refractivity contribution in [3.05, 3.63) is 48.6 Å². The average molecular weight is 282 g/mol. The first-order valence-corrected chi connectivity index (χ1v) is 9.37. The summed E-state index contributed by atoms with van der Waals surface area (Å²) in [6.07, 6.45) is -0.909. The van der Waals surface area contributed by atoms with E-state index < -0.39 is 6.25 Å². The molecular weight excluding hydrogens is 271 g/mol. The number of hydrogen-bond donors (Lipinski definition) is 0. The molecule has 0 radical (unpaired) electrons. The number of rotatable bonds is 5. The van der Waals surface area contributed by atoms with Crippen molar-refractivity contribution in [2.45, 2.75) is 12.5 Å². The number of benzene rings is 1. The van der Waals surface area contributed by atoms with Crippen LogP contribution in [0.5, 0.6) is 0 Å². The molecule has 0 N–H and O–H groups in total. The Kier molecular flexibility index (Phi) is 5.16. The zero-order valence-corrected chi connectivity index (χ0v) is 11.3. The van der Waals surface area contributed by atoms with E-state index in [2.05, 4.69) is 6.58 Å². The highest BCUT2D eigenvalue weighted by atomic mass is 35.8. The molecule has 0 aliphatic heterocycles. The van der Waals surface area contributed by atoms with Gasteiger partial charge in [-0.15, -0.1) is 6.58 Å². The first-order valence-electron chi connectivity index (χ1n) is 4.43. The third kappa shape index (κ3) is 5.04. The Morgan fingerprint density at radius 2 is 1.87 bits per heavy atom. The van der Waals surface area contributed by atoms with Crippen LogP contribution in [0.25, 0.3) is 0 Å². The lowest BCUT2D eigenvalue weighted by Crippen LogP contribution is -2.20. The van der Waals surface area contributed by atoms with Crippen molar-refractivity contribution in [1.29, 1.82) is 0 Å². The Bertz CT molecular complexity index is 310. The van der Waals surface area contributed by atoms with Gasteiger partial charge in [-0.05, 0) is 12.0 Å². The molecule has 0 aromatic heterocycles. The summed E-state index contributed by atoms with van der Waals surface area (Å²) in [7, 11) is 0. The highest BCUT2D eigenvalue weighted by Gasteiger charge is 2.31. The summed E-state index contributed by atoms with van der Waals surface area (Å²) in [5, 5.41) is 0. The van der Waals surface area contributed by atoms with E-state index in [1.165, 1.54) is 0 Å². The van der Waals surface area contributed by atoms with Gasteiger partial charge in [0.15, 0.2) is 0 Å². The zero-order valence-electron chi connectivity index (χ0n) is 8.00. The quantitative estimate of drug-likeness (QED) is 0.439. The summed E-state index contributed by atoms with van der Waals surface area (Å²) in [6.45, 7) is 3.66. The van der Waals surface area contributed by atoms with E-state index in [1.54, 1.807) is 6.08 Å². The lowest BCUT2D eigenvalue weighted by molar-refractivity contribution is 0.220. The Morgan fingerprint density at radius 1 is 1.27 bits per heavy atom. The fourth-order valence-electron chi connectivity index (χ4n) is 1.23. The maximum absolute atomic E-state index is 5.73. The molecule has 0 heterocycles. The van der Waals surface area contributed by atoms with Gasteiger partial charge in [0, 0.05) is 0 Å². The second-order valence-electron chi connectivity index (χ2n) is 2.99. The van der Waals surface area contributed by atoms with Gasteiger partial charge in [0.1, 0.15) is 0 Å². The second-order valence-corrected chi connectivity index (χ2v) is 10.6. The van der Waals surface area contributed by atoms with Crippen molar-refractivity contribution < 1.29 is 4.43 Å². The van der Waals surface area contributed by atoms with Gasteiger partial charge in [-0.3, -0.25) is 0 Å². The molecule has 15 heavy (non-hydrogen) atoms. The van der Waals surface area contributed by atoms with E-state index in [0.29, 0.717) is 6.42 Å². The molecule has 1 rings (SSSR count). The van der Waals surface area contributed by atoms with Gasteiger partial charge >= 0.3 is 6.25 Å². The molecule has 0 saturated heterocycles. The summed E-state index contributed by atoms with van der Waals surface area (Å²) in [4.78, 5) is 0. The Labute approximate surface area is 105 Å². The van der Waals surface area contributed by atoms with Crippen LogP contribution in [0.3, 0.4) is 0 Å². The summed E-state index contributed by atoms with van der Waals surface area (Å²) in [5.41, 5.74) is 0.997. The monoisotopic (exact) mass is 280 g/mol. The third-order valence-corrected chi connectivity index (χ3v) is 3.18. The van der Waals surface area contributed by atoms with E-state index in [0.717, 1.165) is 5.56 Å². The largest absolute Gasteiger partial charge is 0.494 e. The molecule has 0 saturated carbocycles. The molecule has 0 fully saturated rings. The molecule has 0 aliphatic rings. The van der Waals surface area contributed by atoms with Gasteiger partial charge in [0.2, 0.25) is 0 Å². The zero-order chi connectivity index (χ0) is 11.3. The molecule has 82 valence electrons. The predicted octanol–water partition coefficient (Wildman–Crippen LogP) is 4.47. The molecule has 1 aromatic rings. The van der Waals surface area contributed by atoms with Gasteiger partial charge in [-0.2, -0.15) is 0 Å². The van der Waals surface area contributed by atoms with Crippen LogP contribution < -0.4 is 0 Å². The van der Waals surface area contributed by atoms with Gasteiger partial charge < -0.3 is 4.43 Å². The van der Waals surface area contributed by atoms with Crippen LogP contribution in [0.1, 0.15) is 18.1 Å². The van der Waals surface area contributed by atoms with Crippen LogP contribution in [-0.4, -0.2) is 6.25 Å². The van der Waals surface area contributed by atoms with Crippen molar-refractivity contribution in [2.24, 2.45) is 0 Å². The minimum Gasteiger partial charge on any atom is -0.373 e. The molecule has 0 bridgehead atoms. The summed E-state index contributed by atoms with van der Waals surface area (Å²) in [5.74, 6) is 0. The molecule has 1 nitrogen and oxygen atoms in total. The highest BCUT2D eigenvalue weighted by Crippen LogP contribution is 2.31. The first-order chi connectivity index (χ1) is 7.03. The van der Waals surface area contributed by atoms with E-state index in [-0.39, 0.29) is 6.10 Å². The van der Waals surface area contributed by atoms with Crippen LogP contribution in [0, 0.1) is 0 Å². The van der Waals surface area contributed by atoms with E-state index in [9.17, 15) is 0 Å². The van der Waals surface area contributed by atoms with Crippen LogP contribution in [0.15, 0.2) is 43.0 Å². The minimum atomic E-state index is -3.07. The topological polar surface area (TPSA) is 9.23 Å². The molecule has 0 spiro atoms. The van der Waals surface area contributed by atoms with E-state index in [4.69, 9.17) is 37.7 Å². The summed E-state index contributed by atoms with van der Waals surface area (Å²) >= 11 is 17.2. The Morgan fingerprint density at radius 3 is 2.33 bits per heavy atom. The first kappa shape index (κ1) is 13.1. The minimum absolute atomic E-state index is 0.220. The number of halogens is 3. The van der Waals surface area contributed by atoms with Crippen molar-refractivity contribution >= 4 is 39.5 Å². The van der Waals surface area contributed by atoms with Gasteiger partial charge in [-0.1, -0.05) is 69.6 Å². The maximum atomic E-state index is 5.73.